The van der Waals surface area contributed by atoms with Crippen LogP contribution in [0.15, 0.2) is 30.3 Å². The van der Waals surface area contributed by atoms with Gasteiger partial charge in [-0.3, -0.25) is 0 Å². The molecule has 1 aromatic rings. The maximum Gasteiger partial charge on any atom is 0.0515 e. The van der Waals surface area contributed by atoms with E-state index in [2.05, 4.69) is 36.5 Å². The molecule has 0 heterocycles. The quantitative estimate of drug-likeness (QED) is 0.749. The topological polar surface area (TPSA) is 32.3 Å². The summed E-state index contributed by atoms with van der Waals surface area (Å²) in [5, 5.41) is 12.6. The molecule has 0 aliphatic rings. The Labute approximate surface area is 92.3 Å². The van der Waals surface area contributed by atoms with Crippen LogP contribution in [-0.2, 0) is 6.54 Å². The van der Waals surface area contributed by atoms with E-state index in [0.717, 1.165) is 19.5 Å². The molecule has 0 saturated heterocycles. The highest BCUT2D eigenvalue weighted by atomic mass is 16.3. The average molecular weight is 207 g/mol. The molecule has 2 heteroatoms. The van der Waals surface area contributed by atoms with Gasteiger partial charge in [-0.25, -0.2) is 0 Å². The predicted molar refractivity (Wildman–Crippen MR) is 63.6 cm³/mol. The van der Waals surface area contributed by atoms with Gasteiger partial charge in [-0.1, -0.05) is 37.3 Å². The highest BCUT2D eigenvalue weighted by Crippen LogP contribution is 2.04. The van der Waals surface area contributed by atoms with Crippen molar-refractivity contribution in [1.29, 1.82) is 0 Å². The van der Waals surface area contributed by atoms with Gasteiger partial charge in [-0.2, -0.15) is 0 Å². The Hall–Kier alpha value is -0.860. The van der Waals surface area contributed by atoms with E-state index in [1.54, 1.807) is 0 Å². The van der Waals surface area contributed by atoms with Crippen LogP contribution in [0, 0.1) is 5.92 Å². The van der Waals surface area contributed by atoms with Crippen LogP contribution >= 0.6 is 0 Å². The van der Waals surface area contributed by atoms with Crippen LogP contribution in [-0.4, -0.2) is 17.8 Å². The summed E-state index contributed by atoms with van der Waals surface area (Å²) >= 11 is 0. The van der Waals surface area contributed by atoms with E-state index in [-0.39, 0.29) is 6.10 Å². The minimum atomic E-state index is -0.196. The molecule has 0 amide bonds. The maximum absolute atomic E-state index is 9.21. The molecule has 0 saturated carbocycles. The second-order valence-electron chi connectivity index (χ2n) is 4.31. The first-order valence-electron chi connectivity index (χ1n) is 5.61. The SMILES string of the molecule is CC(O)CC(C)CNCc1ccccc1. The first kappa shape index (κ1) is 12.2. The molecule has 1 aromatic carbocycles. The second-order valence-corrected chi connectivity index (χ2v) is 4.31. The average Bonchev–Trinajstić information content (AvgIpc) is 2.18. The molecule has 2 nitrogen and oxygen atoms in total. The van der Waals surface area contributed by atoms with Crippen molar-refractivity contribution < 1.29 is 5.11 Å². The van der Waals surface area contributed by atoms with Crippen molar-refractivity contribution in [3.8, 4) is 0 Å². The standard InChI is InChI=1S/C13H21NO/c1-11(8-12(2)15)9-14-10-13-6-4-3-5-7-13/h3-7,11-12,14-15H,8-10H2,1-2H3. The third-order valence-electron chi connectivity index (χ3n) is 2.41. The number of nitrogens with one attached hydrogen (secondary N) is 1. The molecular formula is C13H21NO. The molecule has 2 unspecified atom stereocenters. The van der Waals surface area contributed by atoms with Crippen LogP contribution in [0.25, 0.3) is 0 Å². The minimum Gasteiger partial charge on any atom is -0.393 e. The molecule has 2 atom stereocenters. The molecule has 84 valence electrons. The summed E-state index contributed by atoms with van der Waals surface area (Å²) in [5.41, 5.74) is 1.31. The number of rotatable bonds is 6. The lowest BCUT2D eigenvalue weighted by Crippen LogP contribution is -2.23. The molecule has 0 aliphatic carbocycles. The van der Waals surface area contributed by atoms with Crippen LogP contribution in [0.5, 0.6) is 0 Å². The molecule has 0 aromatic heterocycles. The summed E-state index contributed by atoms with van der Waals surface area (Å²) in [6.07, 6.45) is 0.667. The molecule has 0 aliphatic heterocycles. The first-order valence-corrected chi connectivity index (χ1v) is 5.61. The van der Waals surface area contributed by atoms with Gasteiger partial charge < -0.3 is 10.4 Å². The molecule has 15 heavy (non-hydrogen) atoms. The van der Waals surface area contributed by atoms with Crippen molar-refractivity contribution in [1.82, 2.24) is 5.32 Å². The number of aliphatic hydroxyl groups is 1. The lowest BCUT2D eigenvalue weighted by molar-refractivity contribution is 0.163. The van der Waals surface area contributed by atoms with E-state index in [1.807, 2.05) is 13.0 Å². The van der Waals surface area contributed by atoms with Gasteiger partial charge in [0.15, 0.2) is 0 Å². The fraction of sp³-hybridized carbons (Fsp3) is 0.538. The smallest absolute Gasteiger partial charge is 0.0515 e. The van der Waals surface area contributed by atoms with Crippen molar-refractivity contribution in [2.45, 2.75) is 32.9 Å². The number of hydrogen-bond donors (Lipinski definition) is 2. The predicted octanol–water partition coefficient (Wildman–Crippen LogP) is 2.18. The van der Waals surface area contributed by atoms with Crippen molar-refractivity contribution in [2.24, 2.45) is 5.92 Å². The lowest BCUT2D eigenvalue weighted by Gasteiger charge is -2.14. The number of benzene rings is 1. The molecule has 2 N–H and O–H groups in total. The van der Waals surface area contributed by atoms with Gasteiger partial charge >= 0.3 is 0 Å². The highest BCUT2D eigenvalue weighted by Gasteiger charge is 2.05. The zero-order chi connectivity index (χ0) is 11.1. The zero-order valence-electron chi connectivity index (χ0n) is 9.61. The Kier molecular flexibility index (Phi) is 5.37. The van der Waals surface area contributed by atoms with Gasteiger partial charge in [0.1, 0.15) is 0 Å². The molecule has 0 spiro atoms. The van der Waals surface area contributed by atoms with Crippen molar-refractivity contribution in [3.63, 3.8) is 0 Å². The fourth-order valence-corrected chi connectivity index (χ4v) is 1.72. The summed E-state index contributed by atoms with van der Waals surface area (Å²) in [6.45, 7) is 5.86. The van der Waals surface area contributed by atoms with E-state index in [4.69, 9.17) is 0 Å². The summed E-state index contributed by atoms with van der Waals surface area (Å²) in [5.74, 6) is 0.522. The Morgan fingerprint density at radius 3 is 2.47 bits per heavy atom. The van der Waals surface area contributed by atoms with Crippen LogP contribution in [0.1, 0.15) is 25.8 Å². The van der Waals surface area contributed by atoms with E-state index < -0.39 is 0 Å². The lowest BCUT2D eigenvalue weighted by atomic mass is 10.0. The molecule has 1 rings (SSSR count). The van der Waals surface area contributed by atoms with E-state index in [0.29, 0.717) is 5.92 Å². The first-order chi connectivity index (χ1) is 7.18. The summed E-state index contributed by atoms with van der Waals surface area (Å²) < 4.78 is 0. The molecular weight excluding hydrogens is 186 g/mol. The van der Waals surface area contributed by atoms with Gasteiger partial charge in [0.25, 0.3) is 0 Å². The van der Waals surface area contributed by atoms with Gasteiger partial charge in [0, 0.05) is 6.54 Å². The minimum absolute atomic E-state index is 0.196. The van der Waals surface area contributed by atoms with Gasteiger partial charge in [0.05, 0.1) is 6.10 Å². The largest absolute Gasteiger partial charge is 0.393 e. The van der Waals surface area contributed by atoms with Crippen molar-refractivity contribution in [3.05, 3.63) is 35.9 Å². The Morgan fingerprint density at radius 2 is 1.87 bits per heavy atom. The van der Waals surface area contributed by atoms with Crippen LogP contribution < -0.4 is 5.32 Å². The van der Waals surface area contributed by atoms with Crippen molar-refractivity contribution >= 4 is 0 Å². The number of hydrogen-bond acceptors (Lipinski definition) is 2. The monoisotopic (exact) mass is 207 g/mol. The number of aliphatic hydroxyl groups excluding tert-OH is 1. The molecule has 0 bridgehead atoms. The maximum atomic E-state index is 9.21. The fourth-order valence-electron chi connectivity index (χ4n) is 1.72. The zero-order valence-corrected chi connectivity index (χ0v) is 9.61. The third kappa shape index (κ3) is 5.55. The summed E-state index contributed by atoms with van der Waals surface area (Å²) in [4.78, 5) is 0. The molecule has 0 fully saturated rings. The van der Waals surface area contributed by atoms with Gasteiger partial charge in [-0.05, 0) is 31.4 Å². The summed E-state index contributed by atoms with van der Waals surface area (Å²) in [7, 11) is 0. The highest BCUT2D eigenvalue weighted by molar-refractivity contribution is 5.14. The van der Waals surface area contributed by atoms with Crippen LogP contribution in [0.4, 0.5) is 0 Å². The van der Waals surface area contributed by atoms with Crippen molar-refractivity contribution in [2.75, 3.05) is 6.54 Å². The van der Waals surface area contributed by atoms with E-state index in [9.17, 15) is 5.11 Å². The second kappa shape index (κ2) is 6.59. The normalized spacial score (nSPS) is 14.9. The third-order valence-corrected chi connectivity index (χ3v) is 2.41. The van der Waals surface area contributed by atoms with Crippen LogP contribution in [0.2, 0.25) is 0 Å². The van der Waals surface area contributed by atoms with Crippen LogP contribution in [0.3, 0.4) is 0 Å². The summed E-state index contributed by atoms with van der Waals surface area (Å²) in [6, 6.07) is 10.4. The Bertz CT molecular complexity index is 258. The Morgan fingerprint density at radius 1 is 1.20 bits per heavy atom. The molecule has 0 radical (unpaired) electrons. The van der Waals surface area contributed by atoms with Gasteiger partial charge in [-0.15, -0.1) is 0 Å². The van der Waals surface area contributed by atoms with E-state index in [1.165, 1.54) is 5.56 Å². The van der Waals surface area contributed by atoms with Gasteiger partial charge in [0.2, 0.25) is 0 Å². The Balaban J connectivity index is 2.16. The van der Waals surface area contributed by atoms with E-state index >= 15 is 0 Å².